The molecule has 2 aliphatic rings. The summed E-state index contributed by atoms with van der Waals surface area (Å²) in [6, 6.07) is 8.96. The maximum absolute atomic E-state index is 12.8. The number of hydrogen-bond donors (Lipinski definition) is 0. The number of benzene rings is 1. The van der Waals surface area contributed by atoms with E-state index in [9.17, 15) is 4.79 Å². The van der Waals surface area contributed by atoms with Crippen LogP contribution in [0.15, 0.2) is 41.6 Å². The van der Waals surface area contributed by atoms with Gasteiger partial charge in [-0.2, -0.15) is 10.2 Å². The summed E-state index contributed by atoms with van der Waals surface area (Å²) in [6.45, 7) is 0.986. The Morgan fingerprint density at radius 3 is 2.96 bits per heavy atom. The summed E-state index contributed by atoms with van der Waals surface area (Å²) in [6.07, 6.45) is 1.76. The van der Waals surface area contributed by atoms with Gasteiger partial charge >= 0.3 is 6.03 Å². The number of aromatic nitrogens is 2. The van der Waals surface area contributed by atoms with Crippen LogP contribution >= 0.6 is 0 Å². The molecule has 1 aromatic carbocycles. The van der Waals surface area contributed by atoms with Crippen molar-refractivity contribution in [3.8, 4) is 0 Å². The van der Waals surface area contributed by atoms with E-state index in [4.69, 9.17) is 10.4 Å². The van der Waals surface area contributed by atoms with Crippen LogP contribution in [-0.2, 0) is 18.5 Å². The second kappa shape index (κ2) is 6.12. The van der Waals surface area contributed by atoms with Gasteiger partial charge in [-0.1, -0.05) is 35.4 Å². The van der Waals surface area contributed by atoms with E-state index in [1.54, 1.807) is 15.8 Å². The highest BCUT2D eigenvalue weighted by Crippen LogP contribution is 2.43. The summed E-state index contributed by atoms with van der Waals surface area (Å²) < 4.78 is 1.74. The molecule has 0 radical (unpaired) electrons. The fourth-order valence-electron chi connectivity index (χ4n) is 3.52. The normalized spacial score (nSPS) is 21.2. The molecule has 2 aliphatic heterocycles. The van der Waals surface area contributed by atoms with Crippen LogP contribution in [0, 0.1) is 0 Å². The molecule has 0 saturated carbocycles. The Balaban J connectivity index is 1.63. The predicted octanol–water partition coefficient (Wildman–Crippen LogP) is 2.70. The van der Waals surface area contributed by atoms with Crippen molar-refractivity contribution in [1.29, 1.82) is 0 Å². The number of aryl methyl sites for hydroxylation is 1. The maximum Gasteiger partial charge on any atom is 0.345 e. The fourth-order valence-corrected chi connectivity index (χ4v) is 3.52. The van der Waals surface area contributed by atoms with Gasteiger partial charge in [0, 0.05) is 17.5 Å². The molecule has 1 saturated heterocycles. The third-order valence-electron chi connectivity index (χ3n) is 4.68. The van der Waals surface area contributed by atoms with E-state index >= 15 is 0 Å². The molecule has 2 amide bonds. The van der Waals surface area contributed by atoms with Gasteiger partial charge in [0.2, 0.25) is 0 Å². The van der Waals surface area contributed by atoms with Crippen LogP contribution in [0.5, 0.6) is 0 Å². The highest BCUT2D eigenvalue weighted by atomic mass is 16.7. The van der Waals surface area contributed by atoms with Crippen LogP contribution in [0.1, 0.15) is 28.9 Å². The monoisotopic (exact) mass is 339 g/mol. The Morgan fingerprint density at radius 1 is 1.40 bits per heavy atom. The minimum atomic E-state index is -0.326. The van der Waals surface area contributed by atoms with Gasteiger partial charge in [-0.25, -0.2) is 4.79 Å². The van der Waals surface area contributed by atoms with Gasteiger partial charge < -0.3 is 4.90 Å². The molecule has 2 aromatic rings. The zero-order valence-electron chi connectivity index (χ0n) is 13.7. The molecule has 1 aromatic heterocycles. The number of hydroxylamine groups is 2. The third-order valence-corrected chi connectivity index (χ3v) is 4.68. The Hall–Kier alpha value is -3.03. The largest absolute Gasteiger partial charge is 0.345 e. The molecular formula is C16H17N7O2. The van der Waals surface area contributed by atoms with Crippen LogP contribution in [0.3, 0.4) is 0 Å². The summed E-state index contributed by atoms with van der Waals surface area (Å²) in [4.78, 5) is 23.2. The molecule has 9 nitrogen and oxygen atoms in total. The first kappa shape index (κ1) is 15.5. The molecule has 2 bridgehead atoms. The van der Waals surface area contributed by atoms with E-state index in [1.807, 2.05) is 37.4 Å². The van der Waals surface area contributed by atoms with E-state index in [1.165, 1.54) is 5.06 Å². The van der Waals surface area contributed by atoms with Crippen molar-refractivity contribution in [2.24, 2.45) is 12.2 Å². The number of rotatable bonds is 5. The number of fused-ring (bicyclic) bond motifs is 4. The molecule has 2 atom stereocenters. The Kier molecular flexibility index (Phi) is 3.79. The van der Waals surface area contributed by atoms with Crippen LogP contribution in [0.4, 0.5) is 4.79 Å². The first-order valence-electron chi connectivity index (χ1n) is 8.00. The first-order chi connectivity index (χ1) is 12.2. The van der Waals surface area contributed by atoms with Crippen molar-refractivity contribution in [3.63, 3.8) is 0 Å². The number of carbonyl (C=O) groups is 1. The molecule has 128 valence electrons. The molecule has 9 heteroatoms. The molecule has 0 aliphatic carbocycles. The summed E-state index contributed by atoms with van der Waals surface area (Å²) in [5, 5.41) is 9.41. The molecular weight excluding hydrogens is 322 g/mol. The smallest absolute Gasteiger partial charge is 0.312 e. The summed E-state index contributed by atoms with van der Waals surface area (Å²) >= 11 is 0. The molecule has 0 N–H and O–H groups in total. The Bertz CT molecular complexity index is 843. The molecule has 4 rings (SSSR count). The first-order valence-corrected chi connectivity index (χ1v) is 8.00. The lowest BCUT2D eigenvalue weighted by molar-refractivity contribution is -0.141. The second-order valence-corrected chi connectivity index (χ2v) is 6.07. The van der Waals surface area contributed by atoms with Gasteiger partial charge in [0.1, 0.15) is 12.6 Å². The van der Waals surface area contributed by atoms with Gasteiger partial charge in [-0.15, -0.1) is 0 Å². The van der Waals surface area contributed by atoms with Gasteiger partial charge in [-0.3, -0.25) is 9.52 Å². The number of urea groups is 1. The van der Waals surface area contributed by atoms with Crippen molar-refractivity contribution in [2.75, 3.05) is 13.1 Å². The minimum Gasteiger partial charge on any atom is -0.312 e. The fraction of sp³-hybridized carbons (Fsp3) is 0.375. The lowest BCUT2D eigenvalue weighted by Gasteiger charge is -2.30. The highest BCUT2D eigenvalue weighted by Gasteiger charge is 2.50. The van der Waals surface area contributed by atoms with E-state index in [0.29, 0.717) is 13.2 Å². The van der Waals surface area contributed by atoms with Crippen LogP contribution in [0.25, 0.3) is 10.4 Å². The summed E-state index contributed by atoms with van der Waals surface area (Å²) in [5.41, 5.74) is 11.5. The number of amides is 2. The molecule has 3 heterocycles. The SMILES string of the molecule is Cn1ncc2c1C(CN=[N+]=[N-])N1CC2N(OCc2ccccc2)C1=O. The maximum atomic E-state index is 12.8. The van der Waals surface area contributed by atoms with E-state index in [0.717, 1.165) is 16.8 Å². The molecule has 1 fully saturated rings. The second-order valence-electron chi connectivity index (χ2n) is 6.07. The van der Waals surface area contributed by atoms with E-state index in [2.05, 4.69) is 15.1 Å². The summed E-state index contributed by atoms with van der Waals surface area (Å²) in [7, 11) is 1.83. The van der Waals surface area contributed by atoms with Gasteiger partial charge in [0.05, 0.1) is 31.0 Å². The number of hydrogen-bond acceptors (Lipinski definition) is 4. The highest BCUT2D eigenvalue weighted by molar-refractivity contribution is 5.78. The average molecular weight is 339 g/mol. The number of carbonyl (C=O) groups excluding carboxylic acids is 1. The van der Waals surface area contributed by atoms with Gasteiger partial charge in [0.25, 0.3) is 0 Å². The van der Waals surface area contributed by atoms with Crippen molar-refractivity contribution < 1.29 is 9.63 Å². The quantitative estimate of drug-likeness (QED) is 0.475. The molecule has 25 heavy (non-hydrogen) atoms. The number of azide groups is 1. The lowest BCUT2D eigenvalue weighted by Crippen LogP contribution is -2.36. The Morgan fingerprint density at radius 2 is 2.20 bits per heavy atom. The predicted molar refractivity (Wildman–Crippen MR) is 87.9 cm³/mol. The van der Waals surface area contributed by atoms with Crippen molar-refractivity contribution in [2.45, 2.75) is 18.7 Å². The molecule has 0 spiro atoms. The zero-order chi connectivity index (χ0) is 17.4. The minimum absolute atomic E-state index is 0.175. The zero-order valence-corrected chi connectivity index (χ0v) is 13.7. The molecule has 2 unspecified atom stereocenters. The van der Waals surface area contributed by atoms with Crippen LogP contribution in [-0.4, -0.2) is 38.9 Å². The average Bonchev–Trinajstić information content (AvgIpc) is 3.15. The van der Waals surface area contributed by atoms with Crippen molar-refractivity contribution in [1.82, 2.24) is 19.7 Å². The van der Waals surface area contributed by atoms with Crippen molar-refractivity contribution >= 4 is 6.03 Å². The van der Waals surface area contributed by atoms with Crippen LogP contribution < -0.4 is 0 Å². The summed E-state index contributed by atoms with van der Waals surface area (Å²) in [5.74, 6) is 0. The standard InChI is InChI=1S/C16H17N7O2/c1-21-15-12(7-19-21)14-9-22(13(15)8-18-20-17)16(24)23(14)25-10-11-5-3-2-4-6-11/h2-7,13-14H,8-10H2,1H3. The Labute approximate surface area is 144 Å². The van der Waals surface area contributed by atoms with Gasteiger partial charge in [0.15, 0.2) is 0 Å². The van der Waals surface area contributed by atoms with Gasteiger partial charge in [-0.05, 0) is 11.1 Å². The van der Waals surface area contributed by atoms with E-state index in [-0.39, 0.29) is 24.7 Å². The van der Waals surface area contributed by atoms with Crippen LogP contribution in [0.2, 0.25) is 0 Å². The van der Waals surface area contributed by atoms with E-state index < -0.39 is 0 Å². The lowest BCUT2D eigenvalue weighted by atomic mass is 9.98. The number of nitrogens with zero attached hydrogens (tertiary/aromatic N) is 7. The topological polar surface area (TPSA) is 99.4 Å². The van der Waals surface area contributed by atoms with Crippen molar-refractivity contribution in [3.05, 3.63) is 63.8 Å². The third kappa shape index (κ3) is 2.50.